The van der Waals surface area contributed by atoms with Crippen LogP contribution in [-0.2, 0) is 0 Å². The first-order chi connectivity index (χ1) is 9.44. The number of halogens is 1. The number of fused-ring (bicyclic) bond motifs is 1. The van der Waals surface area contributed by atoms with Crippen molar-refractivity contribution in [3.05, 3.63) is 41.7 Å². The van der Waals surface area contributed by atoms with E-state index < -0.39 is 6.17 Å². The largest absolute Gasteiger partial charge is 0.239 e. The highest BCUT2D eigenvalue weighted by atomic mass is 32.2. The van der Waals surface area contributed by atoms with E-state index in [-0.39, 0.29) is 10.8 Å². The molecule has 5 heteroatoms. The van der Waals surface area contributed by atoms with E-state index in [1.807, 2.05) is 30.3 Å². The van der Waals surface area contributed by atoms with Crippen molar-refractivity contribution in [1.29, 1.82) is 0 Å². The summed E-state index contributed by atoms with van der Waals surface area (Å²) >= 11 is 1.57. The molecule has 1 aromatic carbocycles. The van der Waals surface area contributed by atoms with E-state index >= 15 is 0 Å². The first kappa shape index (κ1) is 13.6. The number of rotatable bonds is 2. The van der Waals surface area contributed by atoms with Gasteiger partial charge in [-0.15, -0.1) is 5.10 Å². The van der Waals surface area contributed by atoms with Gasteiger partial charge in [-0.3, -0.25) is 0 Å². The highest BCUT2D eigenvalue weighted by Crippen LogP contribution is 2.41. The van der Waals surface area contributed by atoms with Crippen LogP contribution in [0.5, 0.6) is 0 Å². The fraction of sp³-hybridized carbons (Fsp3) is 0.467. The van der Waals surface area contributed by atoms with E-state index in [9.17, 15) is 4.39 Å². The second kappa shape index (κ2) is 4.88. The van der Waals surface area contributed by atoms with Crippen LogP contribution in [0.1, 0.15) is 50.8 Å². The predicted molar refractivity (Wildman–Crippen MR) is 78.7 cm³/mol. The van der Waals surface area contributed by atoms with Gasteiger partial charge in [-0.1, -0.05) is 62.9 Å². The summed E-state index contributed by atoms with van der Waals surface area (Å²) in [6.45, 7) is 6.31. The van der Waals surface area contributed by atoms with Gasteiger partial charge in [0.05, 0.1) is 6.04 Å². The SMILES string of the molecule is CC(C)(C)Sc1nc2n(n1)C(c1ccccc1)CC2F. The van der Waals surface area contributed by atoms with Crippen LogP contribution in [-0.4, -0.2) is 19.5 Å². The molecule has 0 saturated heterocycles. The molecule has 2 heterocycles. The van der Waals surface area contributed by atoms with Gasteiger partial charge in [0, 0.05) is 11.2 Å². The third-order valence-electron chi connectivity index (χ3n) is 3.23. The van der Waals surface area contributed by atoms with Gasteiger partial charge in [0.2, 0.25) is 5.16 Å². The molecule has 0 fully saturated rings. The zero-order valence-corrected chi connectivity index (χ0v) is 12.7. The van der Waals surface area contributed by atoms with Crippen LogP contribution in [0.2, 0.25) is 0 Å². The zero-order valence-electron chi connectivity index (χ0n) is 11.9. The summed E-state index contributed by atoms with van der Waals surface area (Å²) in [5.74, 6) is 0.464. The van der Waals surface area contributed by atoms with Crippen molar-refractivity contribution >= 4 is 11.8 Å². The molecule has 1 aromatic heterocycles. The van der Waals surface area contributed by atoms with Crippen molar-refractivity contribution in [1.82, 2.24) is 14.8 Å². The Bertz CT molecular complexity index is 603. The predicted octanol–water partition coefficient (Wildman–Crippen LogP) is 4.17. The fourth-order valence-electron chi connectivity index (χ4n) is 2.43. The van der Waals surface area contributed by atoms with E-state index in [4.69, 9.17) is 0 Å². The van der Waals surface area contributed by atoms with E-state index in [1.54, 1.807) is 16.4 Å². The molecule has 3 nitrogen and oxygen atoms in total. The summed E-state index contributed by atoms with van der Waals surface area (Å²) in [6, 6.07) is 9.91. The molecule has 20 heavy (non-hydrogen) atoms. The fourth-order valence-corrected chi connectivity index (χ4v) is 3.24. The number of alkyl halides is 1. The van der Waals surface area contributed by atoms with E-state index in [1.165, 1.54) is 0 Å². The molecule has 2 atom stereocenters. The van der Waals surface area contributed by atoms with Crippen molar-refractivity contribution in [2.75, 3.05) is 0 Å². The van der Waals surface area contributed by atoms with Crippen LogP contribution in [0.25, 0.3) is 0 Å². The van der Waals surface area contributed by atoms with Crippen LogP contribution in [0, 0.1) is 0 Å². The van der Waals surface area contributed by atoms with E-state index in [2.05, 4.69) is 30.9 Å². The number of aromatic nitrogens is 3. The number of hydrogen-bond acceptors (Lipinski definition) is 3. The number of hydrogen-bond donors (Lipinski definition) is 0. The highest BCUT2D eigenvalue weighted by molar-refractivity contribution is 8.00. The molecule has 2 unspecified atom stereocenters. The molecule has 0 N–H and O–H groups in total. The third kappa shape index (κ3) is 2.59. The Morgan fingerprint density at radius 2 is 1.95 bits per heavy atom. The number of nitrogens with zero attached hydrogens (tertiary/aromatic N) is 3. The van der Waals surface area contributed by atoms with Gasteiger partial charge in [-0.2, -0.15) is 0 Å². The molecule has 106 valence electrons. The molecular weight excluding hydrogens is 273 g/mol. The Morgan fingerprint density at radius 3 is 2.60 bits per heavy atom. The summed E-state index contributed by atoms with van der Waals surface area (Å²) in [5.41, 5.74) is 1.09. The Balaban J connectivity index is 1.94. The van der Waals surface area contributed by atoms with Crippen molar-refractivity contribution < 1.29 is 4.39 Å². The van der Waals surface area contributed by atoms with Gasteiger partial charge >= 0.3 is 0 Å². The average molecular weight is 291 g/mol. The quantitative estimate of drug-likeness (QED) is 0.778. The van der Waals surface area contributed by atoms with Gasteiger partial charge < -0.3 is 0 Å². The van der Waals surface area contributed by atoms with Crippen LogP contribution < -0.4 is 0 Å². The number of benzene rings is 1. The van der Waals surface area contributed by atoms with E-state index in [0.717, 1.165) is 5.56 Å². The van der Waals surface area contributed by atoms with Gasteiger partial charge in [0.1, 0.15) is 0 Å². The van der Waals surface area contributed by atoms with Gasteiger partial charge in [-0.05, 0) is 5.56 Å². The molecule has 0 saturated carbocycles. The lowest BCUT2D eigenvalue weighted by Gasteiger charge is -2.15. The normalized spacial score (nSPS) is 22.0. The molecule has 1 aliphatic heterocycles. The summed E-state index contributed by atoms with van der Waals surface area (Å²) in [6.07, 6.45) is -0.596. The lowest BCUT2D eigenvalue weighted by atomic mass is 10.0. The Kier molecular flexibility index (Phi) is 3.32. The molecule has 0 spiro atoms. The molecule has 0 aliphatic carbocycles. The molecule has 0 radical (unpaired) electrons. The van der Waals surface area contributed by atoms with Crippen LogP contribution in [0.15, 0.2) is 35.5 Å². The van der Waals surface area contributed by atoms with Gasteiger partial charge in [-0.25, -0.2) is 14.1 Å². The summed E-state index contributed by atoms with van der Waals surface area (Å²) < 4.78 is 15.9. The Labute approximate surface area is 122 Å². The Hall–Kier alpha value is -1.36. The van der Waals surface area contributed by atoms with Crippen LogP contribution >= 0.6 is 11.8 Å². The monoisotopic (exact) mass is 291 g/mol. The lowest BCUT2D eigenvalue weighted by Crippen LogP contribution is -2.09. The zero-order chi connectivity index (χ0) is 14.3. The maximum atomic E-state index is 14.2. The average Bonchev–Trinajstić information content (AvgIpc) is 2.89. The minimum atomic E-state index is -1.03. The molecule has 2 aromatic rings. The standard InChI is InChI=1S/C15H18FN3S/c1-15(2,3)20-14-17-13-11(16)9-12(19(13)18-14)10-7-5-4-6-8-10/h4-8,11-12H,9H2,1-3H3. The van der Waals surface area contributed by atoms with Crippen molar-refractivity contribution in [2.45, 2.75) is 49.3 Å². The van der Waals surface area contributed by atoms with Crippen molar-refractivity contribution in [3.8, 4) is 0 Å². The summed E-state index contributed by atoms with van der Waals surface area (Å²) in [4.78, 5) is 4.37. The van der Waals surface area contributed by atoms with Gasteiger partial charge in [0.15, 0.2) is 12.0 Å². The molecule has 0 bridgehead atoms. The van der Waals surface area contributed by atoms with Crippen LogP contribution in [0.4, 0.5) is 4.39 Å². The number of thioether (sulfide) groups is 1. The van der Waals surface area contributed by atoms with Gasteiger partial charge in [0.25, 0.3) is 0 Å². The molecule has 0 amide bonds. The topological polar surface area (TPSA) is 30.7 Å². The molecule has 3 rings (SSSR count). The maximum absolute atomic E-state index is 14.2. The third-order valence-corrected chi connectivity index (χ3v) is 4.19. The highest BCUT2D eigenvalue weighted by Gasteiger charge is 2.35. The van der Waals surface area contributed by atoms with Crippen molar-refractivity contribution in [2.24, 2.45) is 0 Å². The first-order valence-electron chi connectivity index (χ1n) is 6.78. The summed E-state index contributed by atoms with van der Waals surface area (Å²) in [7, 11) is 0. The van der Waals surface area contributed by atoms with Crippen molar-refractivity contribution in [3.63, 3.8) is 0 Å². The van der Waals surface area contributed by atoms with E-state index in [0.29, 0.717) is 17.4 Å². The second-order valence-corrected chi connectivity index (χ2v) is 7.84. The second-order valence-electron chi connectivity index (χ2n) is 6.04. The van der Waals surface area contributed by atoms with Crippen LogP contribution in [0.3, 0.4) is 0 Å². The Morgan fingerprint density at radius 1 is 1.25 bits per heavy atom. The smallest absolute Gasteiger partial charge is 0.209 e. The molecule has 1 aliphatic rings. The maximum Gasteiger partial charge on any atom is 0.209 e. The minimum absolute atomic E-state index is 0.0245. The first-order valence-corrected chi connectivity index (χ1v) is 7.60. The molecular formula is C15H18FN3S. The minimum Gasteiger partial charge on any atom is -0.239 e. The summed E-state index contributed by atoms with van der Waals surface area (Å²) in [5, 5.41) is 5.18. The lowest BCUT2D eigenvalue weighted by molar-refractivity contribution is 0.327.